The number of carbonyl (C=O) groups excluding carboxylic acids is 2. The molecule has 0 saturated carbocycles. The summed E-state index contributed by atoms with van der Waals surface area (Å²) in [5.74, 6) is -0.694. The minimum Gasteiger partial charge on any atom is -0.339 e. The van der Waals surface area contributed by atoms with Gasteiger partial charge in [-0.05, 0) is 62.6 Å². The number of hydroxylamine groups is 1. The summed E-state index contributed by atoms with van der Waals surface area (Å²) in [5.41, 5.74) is 3.71. The molecule has 0 aromatic heterocycles. The molecule has 0 radical (unpaired) electrons. The van der Waals surface area contributed by atoms with Crippen molar-refractivity contribution in [1.82, 2.24) is 5.48 Å². The number of rotatable bonds is 10. The fraction of sp³-hybridized carbons (Fsp3) is 0.318. The van der Waals surface area contributed by atoms with Crippen LogP contribution in [0.25, 0.3) is 0 Å². The summed E-state index contributed by atoms with van der Waals surface area (Å²) in [7, 11) is 0. The van der Waals surface area contributed by atoms with Gasteiger partial charge >= 0.3 is 0 Å². The van der Waals surface area contributed by atoms with Gasteiger partial charge in [0.15, 0.2) is 0 Å². The lowest BCUT2D eigenvalue weighted by Crippen LogP contribution is -2.17. The quantitative estimate of drug-likeness (QED) is 0.207. The smallest absolute Gasteiger partial charge is 0.276 e. The van der Waals surface area contributed by atoms with Crippen LogP contribution in [0.4, 0.5) is 11.4 Å². The number of amides is 2. The van der Waals surface area contributed by atoms with Crippen LogP contribution in [0.3, 0.4) is 0 Å². The van der Waals surface area contributed by atoms with Gasteiger partial charge in [0.05, 0.1) is 15.7 Å². The first-order chi connectivity index (χ1) is 14.5. The molecular formula is C22H25Cl2N3O3. The van der Waals surface area contributed by atoms with E-state index in [-0.39, 0.29) is 18.2 Å². The van der Waals surface area contributed by atoms with Crippen molar-refractivity contribution in [3.8, 4) is 0 Å². The number of halogens is 2. The van der Waals surface area contributed by atoms with Crippen LogP contribution in [0.5, 0.6) is 0 Å². The van der Waals surface area contributed by atoms with Gasteiger partial charge in [-0.3, -0.25) is 14.8 Å². The predicted octanol–water partition coefficient (Wildman–Crippen LogP) is 5.82. The number of nitrogens with zero attached hydrogens (tertiary/aromatic N) is 2. The fourth-order valence-corrected chi connectivity index (χ4v) is 3.58. The fourth-order valence-electron chi connectivity index (χ4n) is 2.98. The summed E-state index contributed by atoms with van der Waals surface area (Å²) < 4.78 is 0. The van der Waals surface area contributed by atoms with Gasteiger partial charge in [0.1, 0.15) is 0 Å². The Kier molecular flexibility index (Phi) is 9.80. The van der Waals surface area contributed by atoms with Crippen molar-refractivity contribution in [2.45, 2.75) is 39.0 Å². The zero-order chi connectivity index (χ0) is 21.9. The predicted molar refractivity (Wildman–Crippen MR) is 121 cm³/mol. The highest BCUT2D eigenvalue weighted by Gasteiger charge is 2.15. The molecule has 0 spiro atoms. The lowest BCUT2D eigenvalue weighted by molar-refractivity contribution is -0.129. The highest BCUT2D eigenvalue weighted by molar-refractivity contribution is 6.39. The monoisotopic (exact) mass is 449 g/mol. The summed E-state index contributed by atoms with van der Waals surface area (Å²) in [5, 5.41) is 9.54. The highest BCUT2D eigenvalue weighted by Crippen LogP contribution is 2.37. The standard InChI is InChI=1S/C22H25Cl2N3O3/c1-2-27(21-18(23)8-7-9-19(21)24)17-13-11-16(12-14-17)22(29)25-15-6-4-3-5-10-20(28)26-30/h7-9,11-15,30H,2-6,10H2,1H3,(H,26,28). The number of para-hydroxylation sites is 1. The molecule has 0 aliphatic carbocycles. The Labute approximate surface area is 186 Å². The summed E-state index contributed by atoms with van der Waals surface area (Å²) >= 11 is 12.7. The number of anilines is 2. The van der Waals surface area contributed by atoms with E-state index >= 15 is 0 Å². The van der Waals surface area contributed by atoms with Crippen LogP contribution in [-0.4, -0.2) is 29.8 Å². The highest BCUT2D eigenvalue weighted by atomic mass is 35.5. The van der Waals surface area contributed by atoms with Crippen LogP contribution in [0, 0.1) is 0 Å². The molecule has 2 N–H and O–H groups in total. The first-order valence-electron chi connectivity index (χ1n) is 9.79. The first kappa shape index (κ1) is 23.9. The third-order valence-electron chi connectivity index (χ3n) is 4.52. The Balaban J connectivity index is 1.93. The topological polar surface area (TPSA) is 82.0 Å². The van der Waals surface area contributed by atoms with Gasteiger partial charge in [0.2, 0.25) is 5.91 Å². The lowest BCUT2D eigenvalue weighted by atomic mass is 10.1. The van der Waals surface area contributed by atoms with Crippen LogP contribution in [0.2, 0.25) is 10.0 Å². The zero-order valence-corrected chi connectivity index (χ0v) is 18.3. The number of carbonyl (C=O) groups is 2. The minimum atomic E-state index is -0.388. The molecule has 0 aliphatic heterocycles. The van der Waals surface area contributed by atoms with E-state index in [1.54, 1.807) is 42.0 Å². The van der Waals surface area contributed by atoms with Crippen molar-refractivity contribution < 1.29 is 14.8 Å². The Morgan fingerprint density at radius 1 is 1.07 bits per heavy atom. The molecule has 2 rings (SSSR count). The van der Waals surface area contributed by atoms with Crippen molar-refractivity contribution in [2.75, 3.05) is 11.4 Å². The van der Waals surface area contributed by atoms with Crippen LogP contribution in [0.15, 0.2) is 47.5 Å². The number of benzene rings is 2. The molecule has 2 aromatic carbocycles. The molecule has 6 nitrogen and oxygen atoms in total. The van der Waals surface area contributed by atoms with E-state index in [1.807, 2.05) is 24.0 Å². The summed E-state index contributed by atoms with van der Waals surface area (Å²) in [6.45, 7) is 2.66. The van der Waals surface area contributed by atoms with Crippen LogP contribution in [0.1, 0.15) is 49.4 Å². The molecule has 0 saturated heterocycles. The molecule has 0 unspecified atom stereocenters. The molecule has 0 fully saturated rings. The van der Waals surface area contributed by atoms with E-state index in [0.29, 0.717) is 35.0 Å². The van der Waals surface area contributed by atoms with Crippen LogP contribution in [-0.2, 0) is 4.79 Å². The van der Waals surface area contributed by atoms with Gasteiger partial charge in [0, 0.05) is 30.4 Å². The first-order valence-corrected chi connectivity index (χ1v) is 10.5. The summed E-state index contributed by atoms with van der Waals surface area (Å²) in [6.07, 6.45) is 4.85. The van der Waals surface area contributed by atoms with E-state index < -0.39 is 0 Å². The van der Waals surface area contributed by atoms with Gasteiger partial charge in [-0.25, -0.2) is 10.5 Å². The second kappa shape index (κ2) is 12.3. The van der Waals surface area contributed by atoms with E-state index in [2.05, 4.69) is 4.99 Å². The third kappa shape index (κ3) is 6.83. The van der Waals surface area contributed by atoms with Crippen molar-refractivity contribution in [3.05, 3.63) is 58.1 Å². The van der Waals surface area contributed by atoms with Crippen molar-refractivity contribution in [3.63, 3.8) is 0 Å². The average molecular weight is 450 g/mol. The normalized spacial score (nSPS) is 10.9. The van der Waals surface area contributed by atoms with Gasteiger partial charge in [-0.2, -0.15) is 0 Å². The molecule has 2 amide bonds. The van der Waals surface area contributed by atoms with Gasteiger partial charge in [-0.1, -0.05) is 35.7 Å². The van der Waals surface area contributed by atoms with Gasteiger partial charge in [0.25, 0.3) is 5.91 Å². The summed E-state index contributed by atoms with van der Waals surface area (Å²) in [6, 6.07) is 12.5. The number of hydrogen-bond donors (Lipinski definition) is 2. The third-order valence-corrected chi connectivity index (χ3v) is 5.13. The van der Waals surface area contributed by atoms with Gasteiger partial charge in [-0.15, -0.1) is 0 Å². The molecular weight excluding hydrogens is 425 g/mol. The molecule has 30 heavy (non-hydrogen) atoms. The van der Waals surface area contributed by atoms with E-state index in [4.69, 9.17) is 28.4 Å². The van der Waals surface area contributed by atoms with Crippen molar-refractivity contribution >= 4 is 52.6 Å². The number of aliphatic imine (C=N–C) groups is 1. The summed E-state index contributed by atoms with van der Waals surface area (Å²) in [4.78, 5) is 29.1. The zero-order valence-electron chi connectivity index (χ0n) is 16.8. The molecule has 0 heterocycles. The maximum atomic E-state index is 12.3. The Bertz CT molecular complexity index is 865. The number of hydrogen-bond acceptors (Lipinski definition) is 4. The van der Waals surface area contributed by atoms with Crippen molar-refractivity contribution in [2.24, 2.45) is 4.99 Å². The minimum absolute atomic E-state index is 0.285. The van der Waals surface area contributed by atoms with Crippen LogP contribution < -0.4 is 10.4 Å². The SMILES string of the molecule is CCN(c1ccc(C(=O)N=CCCCCCC(=O)NO)cc1)c1c(Cl)cccc1Cl. The van der Waals surface area contributed by atoms with Gasteiger partial charge < -0.3 is 4.90 Å². The maximum Gasteiger partial charge on any atom is 0.276 e. The molecule has 8 heteroatoms. The molecule has 0 aliphatic rings. The lowest BCUT2D eigenvalue weighted by Gasteiger charge is -2.25. The Morgan fingerprint density at radius 3 is 2.33 bits per heavy atom. The van der Waals surface area contributed by atoms with E-state index in [0.717, 1.165) is 24.2 Å². The van der Waals surface area contributed by atoms with E-state index in [1.165, 1.54) is 0 Å². The second-order valence-electron chi connectivity index (χ2n) is 6.61. The molecule has 0 bridgehead atoms. The largest absolute Gasteiger partial charge is 0.339 e. The average Bonchev–Trinajstić information content (AvgIpc) is 2.75. The molecule has 0 atom stereocenters. The number of unbranched alkanes of at least 4 members (excludes halogenated alkanes) is 3. The molecule has 2 aromatic rings. The second-order valence-corrected chi connectivity index (χ2v) is 7.43. The maximum absolute atomic E-state index is 12.3. The van der Waals surface area contributed by atoms with E-state index in [9.17, 15) is 9.59 Å². The Hall–Kier alpha value is -2.41. The molecule has 160 valence electrons. The Morgan fingerprint density at radius 2 is 1.73 bits per heavy atom. The number of nitrogens with one attached hydrogen (secondary N) is 1. The van der Waals surface area contributed by atoms with Crippen LogP contribution >= 0.6 is 23.2 Å². The van der Waals surface area contributed by atoms with Crippen molar-refractivity contribution in [1.29, 1.82) is 0 Å².